The van der Waals surface area contributed by atoms with Crippen molar-refractivity contribution in [2.24, 2.45) is 0 Å². The Balaban J connectivity index is 1.49. The minimum Gasteiger partial charge on any atom is -0.490 e. The van der Waals surface area contributed by atoms with Crippen LogP contribution < -0.4 is 20.7 Å². The number of hydrogen-bond acceptors (Lipinski definition) is 3. The molecule has 6 nitrogen and oxygen atoms in total. The second-order valence-electron chi connectivity index (χ2n) is 7.68. The monoisotopic (exact) mass is 395 g/mol. The molecule has 0 radical (unpaired) electrons. The highest BCUT2D eigenvalue weighted by atomic mass is 16.5. The third-order valence-corrected chi connectivity index (χ3v) is 4.81. The molecule has 0 aromatic heterocycles. The molecule has 6 heteroatoms. The zero-order valence-corrected chi connectivity index (χ0v) is 17.0. The van der Waals surface area contributed by atoms with Gasteiger partial charge in [-0.05, 0) is 81.5 Å². The Labute approximate surface area is 172 Å². The molecule has 0 heterocycles. The molecular weight excluding hydrogens is 366 g/mol. The maximum absolute atomic E-state index is 12.5. The molecule has 1 fully saturated rings. The van der Waals surface area contributed by atoms with Gasteiger partial charge in [0.2, 0.25) is 0 Å². The number of amides is 3. The van der Waals surface area contributed by atoms with Gasteiger partial charge in [0.15, 0.2) is 0 Å². The molecule has 2 aromatic carbocycles. The van der Waals surface area contributed by atoms with Gasteiger partial charge < -0.3 is 20.7 Å². The molecule has 0 aliphatic heterocycles. The maximum atomic E-state index is 12.5. The van der Waals surface area contributed by atoms with Crippen molar-refractivity contribution in [2.75, 3.05) is 5.32 Å². The summed E-state index contributed by atoms with van der Waals surface area (Å²) in [6.45, 7) is 4.22. The van der Waals surface area contributed by atoms with E-state index in [1.807, 2.05) is 50.2 Å². The van der Waals surface area contributed by atoms with Crippen LogP contribution in [0, 0.1) is 0 Å². The Kier molecular flexibility index (Phi) is 7.11. The normalized spacial score (nSPS) is 13.9. The Hall–Kier alpha value is -3.02. The van der Waals surface area contributed by atoms with Crippen molar-refractivity contribution in [3.8, 4) is 5.75 Å². The van der Waals surface area contributed by atoms with Crippen LogP contribution in [-0.2, 0) is 6.54 Å². The lowest BCUT2D eigenvalue weighted by molar-refractivity contribution is 0.102. The van der Waals surface area contributed by atoms with E-state index in [0.29, 0.717) is 18.2 Å². The fourth-order valence-corrected chi connectivity index (χ4v) is 3.29. The van der Waals surface area contributed by atoms with Gasteiger partial charge in [0, 0.05) is 23.8 Å². The topological polar surface area (TPSA) is 79.5 Å². The summed E-state index contributed by atoms with van der Waals surface area (Å²) in [7, 11) is 0. The van der Waals surface area contributed by atoms with Crippen molar-refractivity contribution in [1.29, 1.82) is 0 Å². The number of anilines is 1. The second kappa shape index (κ2) is 9.96. The lowest BCUT2D eigenvalue weighted by Crippen LogP contribution is -2.39. The Morgan fingerprint density at radius 2 is 1.66 bits per heavy atom. The van der Waals surface area contributed by atoms with Crippen LogP contribution in [0.4, 0.5) is 10.5 Å². The van der Waals surface area contributed by atoms with Gasteiger partial charge in [-0.1, -0.05) is 12.1 Å². The van der Waals surface area contributed by atoms with Crippen LogP contribution in [0.5, 0.6) is 5.75 Å². The van der Waals surface area contributed by atoms with Gasteiger partial charge in [0.25, 0.3) is 5.91 Å². The average Bonchev–Trinajstić information content (AvgIpc) is 3.21. The lowest BCUT2D eigenvalue weighted by atomic mass is 10.1. The van der Waals surface area contributed by atoms with E-state index < -0.39 is 0 Å². The number of nitrogens with one attached hydrogen (secondary N) is 3. The number of carbonyl (C=O) groups excluding carboxylic acids is 2. The third kappa shape index (κ3) is 6.52. The number of rotatable bonds is 7. The molecule has 3 amide bonds. The molecule has 0 bridgehead atoms. The number of carbonyl (C=O) groups is 2. The largest absolute Gasteiger partial charge is 0.490 e. The number of ether oxygens (including phenoxy) is 1. The van der Waals surface area contributed by atoms with Crippen LogP contribution in [0.25, 0.3) is 0 Å². The summed E-state index contributed by atoms with van der Waals surface area (Å²) in [4.78, 5) is 24.1. The highest BCUT2D eigenvalue weighted by molar-refractivity contribution is 6.04. The average molecular weight is 396 g/mol. The summed E-state index contributed by atoms with van der Waals surface area (Å²) >= 11 is 0. The molecule has 154 valence electrons. The van der Waals surface area contributed by atoms with Gasteiger partial charge >= 0.3 is 6.03 Å². The molecular formula is C23H29N3O3. The van der Waals surface area contributed by atoms with E-state index in [9.17, 15) is 9.59 Å². The minimum atomic E-state index is -0.206. The second-order valence-corrected chi connectivity index (χ2v) is 7.68. The van der Waals surface area contributed by atoms with Gasteiger partial charge in [-0.2, -0.15) is 0 Å². The zero-order chi connectivity index (χ0) is 20.6. The van der Waals surface area contributed by atoms with Crippen LogP contribution in [-0.4, -0.2) is 24.1 Å². The predicted octanol–water partition coefficient (Wildman–Crippen LogP) is 4.47. The lowest BCUT2D eigenvalue weighted by Gasteiger charge is -2.13. The van der Waals surface area contributed by atoms with Crippen molar-refractivity contribution >= 4 is 17.6 Å². The van der Waals surface area contributed by atoms with Crippen molar-refractivity contribution in [2.45, 2.75) is 58.2 Å². The first kappa shape index (κ1) is 20.7. The van der Waals surface area contributed by atoms with E-state index in [0.717, 1.165) is 29.8 Å². The van der Waals surface area contributed by atoms with Gasteiger partial charge in [-0.25, -0.2) is 4.79 Å². The molecule has 3 rings (SSSR count). The smallest absolute Gasteiger partial charge is 0.315 e. The molecule has 2 aromatic rings. The Bertz CT molecular complexity index is 810. The fraction of sp³-hybridized carbons (Fsp3) is 0.391. The van der Waals surface area contributed by atoms with Gasteiger partial charge in [-0.15, -0.1) is 0 Å². The van der Waals surface area contributed by atoms with Crippen LogP contribution in [0.2, 0.25) is 0 Å². The highest BCUT2D eigenvalue weighted by Crippen LogP contribution is 2.25. The molecule has 1 aliphatic carbocycles. The van der Waals surface area contributed by atoms with Crippen molar-refractivity contribution in [3.05, 3.63) is 59.7 Å². The quantitative estimate of drug-likeness (QED) is 0.647. The van der Waals surface area contributed by atoms with E-state index in [4.69, 9.17) is 4.74 Å². The highest BCUT2D eigenvalue weighted by Gasteiger charge is 2.16. The van der Waals surface area contributed by atoms with Crippen molar-refractivity contribution in [3.63, 3.8) is 0 Å². The summed E-state index contributed by atoms with van der Waals surface area (Å²) in [5.41, 5.74) is 2.21. The first-order chi connectivity index (χ1) is 14.0. The van der Waals surface area contributed by atoms with Crippen LogP contribution >= 0.6 is 0 Å². The SMILES string of the molecule is CC(C)NC(=O)NCc1ccc(C(=O)Nc2ccc(OC3CCCC3)cc2)cc1. The summed E-state index contributed by atoms with van der Waals surface area (Å²) in [5, 5.41) is 8.45. The minimum absolute atomic E-state index is 0.0874. The number of hydrogen-bond donors (Lipinski definition) is 3. The molecule has 0 atom stereocenters. The van der Waals surface area contributed by atoms with Crippen LogP contribution in [0.3, 0.4) is 0 Å². The van der Waals surface area contributed by atoms with E-state index >= 15 is 0 Å². The van der Waals surface area contributed by atoms with Crippen LogP contribution in [0.1, 0.15) is 55.5 Å². The van der Waals surface area contributed by atoms with E-state index in [1.165, 1.54) is 12.8 Å². The zero-order valence-electron chi connectivity index (χ0n) is 17.0. The summed E-state index contributed by atoms with van der Waals surface area (Å²) in [6.07, 6.45) is 5.02. The first-order valence-corrected chi connectivity index (χ1v) is 10.2. The first-order valence-electron chi connectivity index (χ1n) is 10.2. The van der Waals surface area contributed by atoms with Crippen LogP contribution in [0.15, 0.2) is 48.5 Å². The predicted molar refractivity (Wildman–Crippen MR) is 114 cm³/mol. The Morgan fingerprint density at radius 3 is 2.28 bits per heavy atom. The van der Waals surface area contributed by atoms with E-state index in [2.05, 4.69) is 16.0 Å². The fourth-order valence-electron chi connectivity index (χ4n) is 3.29. The molecule has 0 saturated heterocycles. The van der Waals surface area contributed by atoms with E-state index in [1.54, 1.807) is 12.1 Å². The van der Waals surface area contributed by atoms with E-state index in [-0.39, 0.29) is 18.0 Å². The van der Waals surface area contributed by atoms with Crippen molar-refractivity contribution in [1.82, 2.24) is 10.6 Å². The van der Waals surface area contributed by atoms with Crippen molar-refractivity contribution < 1.29 is 14.3 Å². The summed E-state index contributed by atoms with van der Waals surface area (Å²) in [6, 6.07) is 14.6. The molecule has 1 aliphatic rings. The molecule has 0 unspecified atom stereocenters. The van der Waals surface area contributed by atoms with Gasteiger partial charge in [0.1, 0.15) is 5.75 Å². The standard InChI is InChI=1S/C23H29N3O3/c1-16(2)25-23(28)24-15-17-7-9-18(10-8-17)22(27)26-19-11-13-21(14-12-19)29-20-5-3-4-6-20/h7-14,16,20H,3-6,15H2,1-2H3,(H,26,27)(H2,24,25,28). The maximum Gasteiger partial charge on any atom is 0.315 e. The summed E-state index contributed by atoms with van der Waals surface area (Å²) < 4.78 is 5.95. The molecule has 1 saturated carbocycles. The Morgan fingerprint density at radius 1 is 1.00 bits per heavy atom. The number of urea groups is 1. The molecule has 3 N–H and O–H groups in total. The third-order valence-electron chi connectivity index (χ3n) is 4.81. The number of benzene rings is 2. The molecule has 0 spiro atoms. The summed E-state index contributed by atoms with van der Waals surface area (Å²) in [5.74, 6) is 0.666. The van der Waals surface area contributed by atoms with Gasteiger partial charge in [-0.3, -0.25) is 4.79 Å². The van der Waals surface area contributed by atoms with Gasteiger partial charge in [0.05, 0.1) is 6.10 Å². The molecule has 29 heavy (non-hydrogen) atoms.